The van der Waals surface area contributed by atoms with Crippen LogP contribution < -0.4 is 5.32 Å². The molecule has 0 aliphatic heterocycles. The lowest BCUT2D eigenvalue weighted by Gasteiger charge is -2.24. The van der Waals surface area contributed by atoms with Gasteiger partial charge in [0.25, 0.3) is 0 Å². The fourth-order valence-corrected chi connectivity index (χ4v) is 1.61. The van der Waals surface area contributed by atoms with Gasteiger partial charge in [-0.15, -0.1) is 0 Å². The lowest BCUT2D eigenvalue weighted by Crippen LogP contribution is -2.41. The van der Waals surface area contributed by atoms with Crippen LogP contribution in [0.5, 0.6) is 0 Å². The van der Waals surface area contributed by atoms with Crippen LogP contribution >= 0.6 is 0 Å². The van der Waals surface area contributed by atoms with Crippen LogP contribution in [0.25, 0.3) is 0 Å². The number of nitrogens with one attached hydrogen (secondary N) is 1. The third-order valence-corrected chi connectivity index (χ3v) is 2.98. The summed E-state index contributed by atoms with van der Waals surface area (Å²) in [5.41, 5.74) is 0.0466. The molecule has 2 N–H and O–H groups in total. The summed E-state index contributed by atoms with van der Waals surface area (Å²) in [5.74, 6) is -0.446. The summed E-state index contributed by atoms with van der Waals surface area (Å²) >= 11 is 0. The molecule has 1 amide bonds. The van der Waals surface area contributed by atoms with Gasteiger partial charge in [0.15, 0.2) is 0 Å². The summed E-state index contributed by atoms with van der Waals surface area (Å²) in [7, 11) is 0. The van der Waals surface area contributed by atoms with E-state index in [-0.39, 0.29) is 11.7 Å². The lowest BCUT2D eigenvalue weighted by atomic mass is 9.83. The van der Waals surface area contributed by atoms with E-state index in [4.69, 9.17) is 5.11 Å². The summed E-state index contributed by atoms with van der Waals surface area (Å²) in [4.78, 5) is 12.0. The second-order valence-electron chi connectivity index (χ2n) is 5.03. The van der Waals surface area contributed by atoms with Crippen molar-refractivity contribution in [2.75, 3.05) is 6.54 Å². The van der Waals surface area contributed by atoms with Crippen molar-refractivity contribution in [1.82, 2.24) is 5.32 Å². The molecule has 0 fully saturated rings. The Morgan fingerprint density at radius 2 is 1.94 bits per heavy atom. The molecule has 0 aromatic heterocycles. The van der Waals surface area contributed by atoms with E-state index in [1.807, 2.05) is 0 Å². The minimum Gasteiger partial charge on any atom is -0.393 e. The van der Waals surface area contributed by atoms with E-state index in [1.54, 1.807) is 32.9 Å². The van der Waals surface area contributed by atoms with Gasteiger partial charge in [0, 0.05) is 6.54 Å². The van der Waals surface area contributed by atoms with Gasteiger partial charge in [0.2, 0.25) is 5.91 Å². The van der Waals surface area contributed by atoms with Crippen LogP contribution in [-0.2, 0) is 10.2 Å². The number of benzene rings is 1. The van der Waals surface area contributed by atoms with Crippen LogP contribution in [0, 0.1) is 5.82 Å². The standard InChI is InChI=1S/C14H20FNO2/c1-10(17)8-9-16-13(18)14(2,3)11-4-6-12(15)7-5-11/h4-7,10,17H,8-9H2,1-3H3,(H,16,18). The van der Waals surface area contributed by atoms with Crippen molar-refractivity contribution in [2.24, 2.45) is 0 Å². The summed E-state index contributed by atoms with van der Waals surface area (Å²) in [5, 5.41) is 11.9. The van der Waals surface area contributed by atoms with Crippen molar-refractivity contribution in [2.45, 2.75) is 38.7 Å². The number of hydrogen-bond acceptors (Lipinski definition) is 2. The highest BCUT2D eigenvalue weighted by Crippen LogP contribution is 2.23. The molecule has 1 atom stereocenters. The van der Waals surface area contributed by atoms with Gasteiger partial charge >= 0.3 is 0 Å². The maximum Gasteiger partial charge on any atom is 0.230 e. The SMILES string of the molecule is CC(O)CCNC(=O)C(C)(C)c1ccc(F)cc1. The van der Waals surface area contributed by atoms with Crippen molar-refractivity contribution in [3.8, 4) is 0 Å². The van der Waals surface area contributed by atoms with E-state index < -0.39 is 11.5 Å². The quantitative estimate of drug-likeness (QED) is 0.843. The van der Waals surface area contributed by atoms with Crippen molar-refractivity contribution >= 4 is 5.91 Å². The van der Waals surface area contributed by atoms with Crippen LogP contribution in [0.1, 0.15) is 32.8 Å². The normalized spacial score (nSPS) is 13.2. The van der Waals surface area contributed by atoms with Crippen LogP contribution in [0.2, 0.25) is 0 Å². The minimum absolute atomic E-state index is 0.130. The molecular formula is C14H20FNO2. The Kier molecular flexibility index (Phi) is 4.84. The van der Waals surface area contributed by atoms with Crippen molar-refractivity contribution in [3.63, 3.8) is 0 Å². The number of halogens is 1. The Hall–Kier alpha value is -1.42. The van der Waals surface area contributed by atoms with E-state index >= 15 is 0 Å². The largest absolute Gasteiger partial charge is 0.393 e. The highest BCUT2D eigenvalue weighted by molar-refractivity contribution is 5.87. The summed E-state index contributed by atoms with van der Waals surface area (Å²) in [6, 6.07) is 5.92. The van der Waals surface area contributed by atoms with Crippen LogP contribution in [0.3, 0.4) is 0 Å². The molecule has 100 valence electrons. The maximum absolute atomic E-state index is 12.8. The first-order valence-electron chi connectivity index (χ1n) is 6.06. The summed E-state index contributed by atoms with van der Waals surface area (Å²) < 4.78 is 12.8. The molecule has 3 nitrogen and oxygen atoms in total. The van der Waals surface area contributed by atoms with Gasteiger partial charge in [-0.3, -0.25) is 4.79 Å². The summed E-state index contributed by atoms with van der Waals surface area (Å²) in [6.45, 7) is 5.69. The van der Waals surface area contributed by atoms with Crippen LogP contribution in [0.4, 0.5) is 4.39 Å². The first-order chi connectivity index (χ1) is 8.34. The van der Waals surface area contributed by atoms with E-state index in [2.05, 4.69) is 5.32 Å². The molecule has 0 radical (unpaired) electrons. The zero-order chi connectivity index (χ0) is 13.8. The van der Waals surface area contributed by atoms with E-state index in [1.165, 1.54) is 12.1 Å². The highest BCUT2D eigenvalue weighted by Gasteiger charge is 2.29. The molecule has 0 spiro atoms. The van der Waals surface area contributed by atoms with Crippen LogP contribution in [-0.4, -0.2) is 23.7 Å². The van der Waals surface area contributed by atoms with Crippen molar-refractivity contribution in [3.05, 3.63) is 35.6 Å². The molecule has 0 bridgehead atoms. The Labute approximate surface area is 107 Å². The molecule has 0 saturated heterocycles. The molecule has 0 aliphatic rings. The third kappa shape index (κ3) is 3.81. The number of aliphatic hydroxyl groups excluding tert-OH is 1. The number of aliphatic hydroxyl groups is 1. The summed E-state index contributed by atoms with van der Waals surface area (Å²) in [6.07, 6.45) is 0.0878. The van der Waals surface area contributed by atoms with Gasteiger partial charge < -0.3 is 10.4 Å². The van der Waals surface area contributed by atoms with E-state index in [9.17, 15) is 9.18 Å². The predicted octanol–water partition coefficient (Wildman–Crippen LogP) is 1.99. The average Bonchev–Trinajstić information content (AvgIpc) is 2.28. The highest BCUT2D eigenvalue weighted by atomic mass is 19.1. The fourth-order valence-electron chi connectivity index (χ4n) is 1.61. The Morgan fingerprint density at radius 3 is 2.44 bits per heavy atom. The minimum atomic E-state index is -0.716. The maximum atomic E-state index is 12.8. The molecule has 18 heavy (non-hydrogen) atoms. The average molecular weight is 253 g/mol. The van der Waals surface area contributed by atoms with Gasteiger partial charge in [-0.25, -0.2) is 4.39 Å². The monoisotopic (exact) mass is 253 g/mol. The molecule has 0 aliphatic carbocycles. The van der Waals surface area contributed by atoms with Crippen molar-refractivity contribution in [1.29, 1.82) is 0 Å². The predicted molar refractivity (Wildman–Crippen MR) is 68.7 cm³/mol. The lowest BCUT2D eigenvalue weighted by molar-refractivity contribution is -0.125. The number of amides is 1. The Bertz CT molecular complexity index is 399. The molecular weight excluding hydrogens is 233 g/mol. The second kappa shape index (κ2) is 5.96. The van der Waals surface area contributed by atoms with Gasteiger partial charge in [0.1, 0.15) is 5.82 Å². The number of carbonyl (C=O) groups is 1. The third-order valence-electron chi connectivity index (χ3n) is 2.98. The topological polar surface area (TPSA) is 49.3 Å². The van der Waals surface area contributed by atoms with E-state index in [0.717, 1.165) is 5.56 Å². The number of carbonyl (C=O) groups excluding carboxylic acids is 1. The molecule has 1 unspecified atom stereocenters. The fraction of sp³-hybridized carbons (Fsp3) is 0.500. The van der Waals surface area contributed by atoms with Gasteiger partial charge in [-0.2, -0.15) is 0 Å². The molecule has 0 saturated carbocycles. The smallest absolute Gasteiger partial charge is 0.230 e. The van der Waals surface area contributed by atoms with Crippen molar-refractivity contribution < 1.29 is 14.3 Å². The molecule has 0 heterocycles. The molecule has 1 aromatic rings. The molecule has 4 heteroatoms. The van der Waals surface area contributed by atoms with Crippen LogP contribution in [0.15, 0.2) is 24.3 Å². The van der Waals surface area contributed by atoms with E-state index in [0.29, 0.717) is 13.0 Å². The Balaban J connectivity index is 2.67. The molecule has 1 aromatic carbocycles. The molecule has 1 rings (SSSR count). The van der Waals surface area contributed by atoms with Gasteiger partial charge in [-0.1, -0.05) is 12.1 Å². The Morgan fingerprint density at radius 1 is 1.39 bits per heavy atom. The zero-order valence-electron chi connectivity index (χ0n) is 11.0. The number of rotatable bonds is 5. The second-order valence-corrected chi connectivity index (χ2v) is 5.03. The number of hydrogen-bond donors (Lipinski definition) is 2. The first kappa shape index (κ1) is 14.6. The van der Waals surface area contributed by atoms with Gasteiger partial charge in [0.05, 0.1) is 11.5 Å². The van der Waals surface area contributed by atoms with Gasteiger partial charge in [-0.05, 0) is 44.9 Å². The first-order valence-corrected chi connectivity index (χ1v) is 6.06. The zero-order valence-corrected chi connectivity index (χ0v) is 11.0.